The Morgan fingerprint density at radius 2 is 1.04 bits per heavy atom. The molecule has 0 N–H and O–H groups in total. The summed E-state index contributed by atoms with van der Waals surface area (Å²) in [5, 5.41) is 0. The van der Waals surface area contributed by atoms with E-state index in [9.17, 15) is 31.5 Å². The molecule has 0 spiro atoms. The highest BCUT2D eigenvalue weighted by Crippen LogP contribution is 2.21. The lowest BCUT2D eigenvalue weighted by molar-refractivity contribution is 0.102. The molecule has 0 amide bonds. The maximum Gasteiger partial charge on any atom is 0.199 e. The average molecular weight is 376 g/mol. The normalized spacial score (nSPS) is 10.7. The Bertz CT molecular complexity index is 1080. The van der Waals surface area contributed by atoms with Crippen LogP contribution >= 0.6 is 0 Å². The maximum absolute atomic E-state index is 14.3. The van der Waals surface area contributed by atoms with Crippen molar-refractivity contribution in [3.05, 3.63) is 106 Å². The molecule has 0 saturated carbocycles. The van der Waals surface area contributed by atoms with Crippen molar-refractivity contribution in [2.75, 3.05) is 0 Å². The average Bonchev–Trinajstić information content (AvgIpc) is 2.64. The van der Waals surface area contributed by atoms with Crippen molar-refractivity contribution in [2.24, 2.45) is 0 Å². The van der Waals surface area contributed by atoms with Crippen LogP contribution in [0, 0.1) is 29.1 Å². The highest BCUT2D eigenvalue weighted by molar-refractivity contribution is 6.12. The van der Waals surface area contributed by atoms with Crippen LogP contribution in [0.25, 0.3) is 0 Å². The van der Waals surface area contributed by atoms with E-state index in [1.54, 1.807) is 0 Å². The molecule has 0 heterocycles. The van der Waals surface area contributed by atoms with Crippen LogP contribution in [0.3, 0.4) is 0 Å². The molecule has 0 aromatic heterocycles. The number of halogens is 5. The van der Waals surface area contributed by atoms with Gasteiger partial charge in [-0.3, -0.25) is 9.59 Å². The third-order valence-corrected chi connectivity index (χ3v) is 3.82. The highest BCUT2D eigenvalue weighted by atomic mass is 19.1. The maximum atomic E-state index is 14.3. The summed E-state index contributed by atoms with van der Waals surface area (Å²) in [7, 11) is 0. The molecule has 0 unspecified atom stereocenters. The van der Waals surface area contributed by atoms with Crippen LogP contribution in [-0.2, 0) is 0 Å². The summed E-state index contributed by atoms with van der Waals surface area (Å²) in [6.45, 7) is 0. The molecule has 2 nitrogen and oxygen atoms in total. The topological polar surface area (TPSA) is 34.1 Å². The SMILES string of the molecule is O=C(c1ccc(C(=O)c2cc(F)ccc2F)c(F)c1)c1cc(F)ccc1F. The van der Waals surface area contributed by atoms with Crippen LogP contribution in [0.2, 0.25) is 0 Å². The first-order valence-corrected chi connectivity index (χ1v) is 7.57. The van der Waals surface area contributed by atoms with Gasteiger partial charge in [0.2, 0.25) is 0 Å². The molecule has 0 atom stereocenters. The van der Waals surface area contributed by atoms with Gasteiger partial charge in [-0.05, 0) is 48.5 Å². The van der Waals surface area contributed by atoms with Crippen LogP contribution in [0.1, 0.15) is 31.8 Å². The molecule has 0 bridgehead atoms. The van der Waals surface area contributed by atoms with Gasteiger partial charge in [-0.2, -0.15) is 0 Å². The standard InChI is InChI=1S/C20H9F5O2/c21-11-2-5-16(23)14(8-11)19(26)10-1-4-13(18(25)7-10)20(27)15-9-12(22)3-6-17(15)24/h1-9H. The van der Waals surface area contributed by atoms with Gasteiger partial charge in [-0.15, -0.1) is 0 Å². The molecule has 7 heteroatoms. The number of hydrogen-bond acceptors (Lipinski definition) is 2. The fourth-order valence-corrected chi connectivity index (χ4v) is 2.48. The minimum atomic E-state index is -1.19. The zero-order valence-electron chi connectivity index (χ0n) is 13.4. The largest absolute Gasteiger partial charge is 0.288 e. The van der Waals surface area contributed by atoms with E-state index in [1.807, 2.05) is 0 Å². The Morgan fingerprint density at radius 3 is 1.56 bits per heavy atom. The molecule has 3 rings (SSSR count). The van der Waals surface area contributed by atoms with E-state index in [0.717, 1.165) is 36.4 Å². The van der Waals surface area contributed by atoms with Gasteiger partial charge >= 0.3 is 0 Å². The van der Waals surface area contributed by atoms with Gasteiger partial charge in [0.15, 0.2) is 11.6 Å². The zero-order chi connectivity index (χ0) is 19.7. The predicted molar refractivity (Wildman–Crippen MR) is 86.0 cm³/mol. The van der Waals surface area contributed by atoms with Crippen molar-refractivity contribution < 1.29 is 31.5 Å². The third-order valence-electron chi connectivity index (χ3n) is 3.82. The van der Waals surface area contributed by atoms with E-state index >= 15 is 0 Å². The van der Waals surface area contributed by atoms with E-state index in [2.05, 4.69) is 0 Å². The number of rotatable bonds is 4. The zero-order valence-corrected chi connectivity index (χ0v) is 13.4. The van der Waals surface area contributed by atoms with Crippen LogP contribution in [0.4, 0.5) is 22.0 Å². The van der Waals surface area contributed by atoms with Crippen molar-refractivity contribution in [1.29, 1.82) is 0 Å². The first-order valence-electron chi connectivity index (χ1n) is 7.57. The molecule has 3 aromatic carbocycles. The van der Waals surface area contributed by atoms with E-state index in [-0.39, 0.29) is 5.56 Å². The Labute approximate surface area is 149 Å². The molecule has 27 heavy (non-hydrogen) atoms. The second-order valence-electron chi connectivity index (χ2n) is 5.60. The van der Waals surface area contributed by atoms with Crippen LogP contribution in [-0.4, -0.2) is 11.6 Å². The van der Waals surface area contributed by atoms with Crippen LogP contribution in [0.15, 0.2) is 54.6 Å². The van der Waals surface area contributed by atoms with Crippen LogP contribution < -0.4 is 0 Å². The Hall–Kier alpha value is -3.35. The van der Waals surface area contributed by atoms with Gasteiger partial charge in [-0.25, -0.2) is 22.0 Å². The second-order valence-corrected chi connectivity index (χ2v) is 5.60. The van der Waals surface area contributed by atoms with Gasteiger partial charge < -0.3 is 0 Å². The van der Waals surface area contributed by atoms with Gasteiger partial charge in [0.25, 0.3) is 0 Å². The van der Waals surface area contributed by atoms with E-state index in [1.165, 1.54) is 0 Å². The molecule has 0 saturated heterocycles. The van der Waals surface area contributed by atoms with Gasteiger partial charge in [0, 0.05) is 5.56 Å². The second kappa shape index (κ2) is 7.11. The fourth-order valence-electron chi connectivity index (χ4n) is 2.48. The van der Waals surface area contributed by atoms with E-state index in [4.69, 9.17) is 0 Å². The number of ketones is 2. The molecule has 3 aromatic rings. The molecule has 0 aliphatic carbocycles. The summed E-state index contributed by atoms with van der Waals surface area (Å²) in [6, 6.07) is 6.95. The number of carbonyl (C=O) groups excluding carboxylic acids is 2. The Balaban J connectivity index is 1.98. The molecule has 136 valence electrons. The summed E-state index contributed by atoms with van der Waals surface area (Å²) < 4.78 is 68.2. The number of hydrogen-bond donors (Lipinski definition) is 0. The molecular weight excluding hydrogens is 367 g/mol. The minimum Gasteiger partial charge on any atom is -0.288 e. The molecule has 0 aliphatic heterocycles. The molecule has 0 aliphatic rings. The van der Waals surface area contributed by atoms with Gasteiger partial charge in [0.1, 0.15) is 29.1 Å². The summed E-state index contributed by atoms with van der Waals surface area (Å²) in [5.74, 6) is -7.08. The van der Waals surface area contributed by atoms with Crippen molar-refractivity contribution in [1.82, 2.24) is 0 Å². The summed E-state index contributed by atoms with van der Waals surface area (Å²) in [4.78, 5) is 24.5. The van der Waals surface area contributed by atoms with Crippen molar-refractivity contribution in [3.8, 4) is 0 Å². The van der Waals surface area contributed by atoms with E-state index in [0.29, 0.717) is 18.2 Å². The molecular formula is C20H9F5O2. The lowest BCUT2D eigenvalue weighted by Crippen LogP contribution is -2.10. The summed E-state index contributed by atoms with van der Waals surface area (Å²) in [6.07, 6.45) is 0. The smallest absolute Gasteiger partial charge is 0.199 e. The van der Waals surface area contributed by atoms with E-state index < -0.39 is 57.3 Å². The number of benzene rings is 3. The predicted octanol–water partition coefficient (Wildman–Crippen LogP) is 4.84. The molecule has 0 fully saturated rings. The number of carbonyl (C=O) groups is 2. The quantitative estimate of drug-likeness (QED) is 0.482. The third kappa shape index (κ3) is 3.62. The van der Waals surface area contributed by atoms with Crippen molar-refractivity contribution in [2.45, 2.75) is 0 Å². The van der Waals surface area contributed by atoms with Crippen LogP contribution in [0.5, 0.6) is 0 Å². The van der Waals surface area contributed by atoms with Gasteiger partial charge in [-0.1, -0.05) is 6.07 Å². The first kappa shape index (κ1) is 18.4. The summed E-state index contributed by atoms with van der Waals surface area (Å²) >= 11 is 0. The van der Waals surface area contributed by atoms with Crippen molar-refractivity contribution in [3.63, 3.8) is 0 Å². The molecule has 0 radical (unpaired) electrons. The minimum absolute atomic E-state index is 0.340. The van der Waals surface area contributed by atoms with Gasteiger partial charge in [0.05, 0.1) is 16.7 Å². The van der Waals surface area contributed by atoms with Crippen molar-refractivity contribution >= 4 is 11.6 Å². The lowest BCUT2D eigenvalue weighted by Gasteiger charge is -2.07. The Kier molecular flexibility index (Phi) is 4.85. The summed E-state index contributed by atoms with van der Waals surface area (Å²) in [5.41, 5.74) is -2.22. The first-order chi connectivity index (χ1) is 12.8. The highest BCUT2D eigenvalue weighted by Gasteiger charge is 2.21. The monoisotopic (exact) mass is 376 g/mol. The lowest BCUT2D eigenvalue weighted by atomic mass is 9.97. The Morgan fingerprint density at radius 1 is 0.519 bits per heavy atom. The fraction of sp³-hybridized carbons (Fsp3) is 0.